The van der Waals surface area contributed by atoms with Gasteiger partial charge in [-0.25, -0.2) is 9.07 Å². The number of nitrogens with one attached hydrogen (secondary N) is 2. The Hall–Kier alpha value is -1.48. The fourth-order valence-corrected chi connectivity index (χ4v) is 2.92. The van der Waals surface area contributed by atoms with E-state index in [0.717, 1.165) is 0 Å². The third-order valence-electron chi connectivity index (χ3n) is 3.80. The van der Waals surface area contributed by atoms with Crippen LogP contribution in [0.3, 0.4) is 0 Å². The smallest absolute Gasteiger partial charge is 0.272 e. The average molecular weight is 420 g/mol. The molecule has 0 bridgehead atoms. The molecule has 6 nitrogen and oxygen atoms in total. The zero-order valence-corrected chi connectivity index (χ0v) is 15.0. The lowest BCUT2D eigenvalue weighted by Gasteiger charge is -2.13. The molecule has 0 radical (unpaired) electrons. The minimum absolute atomic E-state index is 0. The zero-order chi connectivity index (χ0) is 16.4. The van der Waals surface area contributed by atoms with Crippen molar-refractivity contribution in [2.75, 3.05) is 19.6 Å². The van der Waals surface area contributed by atoms with Crippen LogP contribution in [0.4, 0.5) is 4.39 Å². The Labute approximate surface area is 153 Å². The molecule has 1 saturated heterocycles. The Morgan fingerprint density at radius 1 is 1.42 bits per heavy atom. The van der Waals surface area contributed by atoms with Crippen molar-refractivity contribution in [1.29, 1.82) is 0 Å². The number of aromatic nitrogens is 2. The van der Waals surface area contributed by atoms with Gasteiger partial charge in [0.1, 0.15) is 5.82 Å². The molecule has 1 aliphatic heterocycles. The first-order valence-electron chi connectivity index (χ1n) is 7.22. The Morgan fingerprint density at radius 2 is 2.12 bits per heavy atom. The van der Waals surface area contributed by atoms with E-state index in [-0.39, 0.29) is 35.7 Å². The average Bonchev–Trinajstić information content (AvgIpc) is 3.11. The third kappa shape index (κ3) is 4.13. The van der Waals surface area contributed by atoms with Crippen LogP contribution in [0.1, 0.15) is 10.5 Å². The summed E-state index contributed by atoms with van der Waals surface area (Å²) in [4.78, 5) is 12.2. The minimum atomic E-state index is -0.449. The van der Waals surface area contributed by atoms with Gasteiger partial charge in [-0.3, -0.25) is 4.79 Å². The van der Waals surface area contributed by atoms with Crippen LogP contribution in [-0.4, -0.2) is 46.5 Å². The van der Waals surface area contributed by atoms with Crippen molar-refractivity contribution in [3.8, 4) is 5.69 Å². The Morgan fingerprint density at radius 3 is 2.75 bits per heavy atom. The number of hydrogen-bond donors (Lipinski definition) is 3. The van der Waals surface area contributed by atoms with Crippen molar-refractivity contribution in [3.05, 3.63) is 46.4 Å². The molecule has 1 aromatic heterocycles. The summed E-state index contributed by atoms with van der Waals surface area (Å²) in [6, 6.07) is 5.83. The van der Waals surface area contributed by atoms with E-state index in [9.17, 15) is 14.3 Å². The van der Waals surface area contributed by atoms with Crippen LogP contribution in [0.5, 0.6) is 0 Å². The summed E-state index contributed by atoms with van der Waals surface area (Å²) in [7, 11) is 0. The summed E-state index contributed by atoms with van der Waals surface area (Å²) in [6.07, 6.45) is 1.20. The van der Waals surface area contributed by atoms with Gasteiger partial charge in [0.05, 0.1) is 16.3 Å². The number of carbonyl (C=O) groups is 1. The summed E-state index contributed by atoms with van der Waals surface area (Å²) in [5, 5.41) is 19.8. The topological polar surface area (TPSA) is 79.2 Å². The zero-order valence-electron chi connectivity index (χ0n) is 12.6. The van der Waals surface area contributed by atoms with E-state index in [1.807, 2.05) is 0 Å². The molecule has 1 aliphatic rings. The number of benzene rings is 1. The van der Waals surface area contributed by atoms with Gasteiger partial charge in [-0.1, -0.05) is 0 Å². The minimum Gasteiger partial charge on any atom is -0.391 e. The van der Waals surface area contributed by atoms with E-state index in [0.29, 0.717) is 29.8 Å². The quantitative estimate of drug-likeness (QED) is 0.702. The molecule has 0 saturated carbocycles. The molecule has 2 unspecified atom stereocenters. The van der Waals surface area contributed by atoms with Crippen molar-refractivity contribution < 1.29 is 14.3 Å². The summed E-state index contributed by atoms with van der Waals surface area (Å²) in [6.45, 7) is 1.60. The predicted octanol–water partition coefficient (Wildman–Crippen LogP) is 1.51. The van der Waals surface area contributed by atoms with Gasteiger partial charge in [0.15, 0.2) is 5.69 Å². The van der Waals surface area contributed by atoms with Gasteiger partial charge >= 0.3 is 0 Å². The Balaban J connectivity index is 0.00000208. The summed E-state index contributed by atoms with van der Waals surface area (Å²) < 4.78 is 15.0. The third-order valence-corrected chi connectivity index (χ3v) is 4.39. The summed E-state index contributed by atoms with van der Waals surface area (Å²) >= 11 is 3.31. The van der Waals surface area contributed by atoms with Gasteiger partial charge < -0.3 is 15.7 Å². The van der Waals surface area contributed by atoms with E-state index < -0.39 is 6.10 Å². The molecular formula is C15H17BrClFN4O2. The van der Waals surface area contributed by atoms with Crippen LogP contribution in [0.2, 0.25) is 0 Å². The molecule has 130 valence electrons. The molecular weight excluding hydrogens is 403 g/mol. The number of hydrogen-bond acceptors (Lipinski definition) is 4. The van der Waals surface area contributed by atoms with Crippen LogP contribution >= 0.6 is 28.3 Å². The second-order valence-electron chi connectivity index (χ2n) is 5.44. The van der Waals surface area contributed by atoms with Crippen LogP contribution in [0.15, 0.2) is 34.9 Å². The van der Waals surface area contributed by atoms with Gasteiger partial charge in [-0.15, -0.1) is 12.4 Å². The Bertz CT molecular complexity index is 710. The number of amides is 1. The molecule has 2 atom stereocenters. The van der Waals surface area contributed by atoms with Crippen molar-refractivity contribution in [2.24, 2.45) is 5.92 Å². The number of halogens is 3. The van der Waals surface area contributed by atoms with E-state index in [1.54, 1.807) is 18.3 Å². The van der Waals surface area contributed by atoms with Crippen molar-refractivity contribution in [3.63, 3.8) is 0 Å². The van der Waals surface area contributed by atoms with Crippen LogP contribution in [0, 0.1) is 11.7 Å². The Kier molecular flexibility index (Phi) is 6.34. The highest BCUT2D eigenvalue weighted by molar-refractivity contribution is 9.10. The predicted molar refractivity (Wildman–Crippen MR) is 93.2 cm³/mol. The fraction of sp³-hybridized carbons (Fsp3) is 0.333. The number of carbonyl (C=O) groups excluding carboxylic acids is 1. The van der Waals surface area contributed by atoms with Gasteiger partial charge in [0.25, 0.3) is 5.91 Å². The first-order valence-corrected chi connectivity index (χ1v) is 8.02. The highest BCUT2D eigenvalue weighted by Gasteiger charge is 2.26. The van der Waals surface area contributed by atoms with Crippen molar-refractivity contribution >= 4 is 34.2 Å². The summed E-state index contributed by atoms with van der Waals surface area (Å²) in [5.74, 6) is -0.657. The normalized spacial score (nSPS) is 19.8. The van der Waals surface area contributed by atoms with E-state index in [4.69, 9.17) is 0 Å². The molecule has 3 N–H and O–H groups in total. The number of aliphatic hydroxyl groups excluding tert-OH is 1. The van der Waals surface area contributed by atoms with Crippen LogP contribution in [0.25, 0.3) is 5.69 Å². The number of β-amino-alcohol motifs (C(OH)–C–C–N with tert-alkyl or cyclic N) is 1. The van der Waals surface area contributed by atoms with Gasteiger partial charge in [-0.2, -0.15) is 5.10 Å². The number of rotatable bonds is 4. The largest absolute Gasteiger partial charge is 0.391 e. The van der Waals surface area contributed by atoms with Gasteiger partial charge in [0.2, 0.25) is 0 Å². The van der Waals surface area contributed by atoms with E-state index >= 15 is 0 Å². The fourth-order valence-electron chi connectivity index (χ4n) is 2.47. The molecule has 1 aromatic carbocycles. The molecule has 24 heavy (non-hydrogen) atoms. The molecule has 1 fully saturated rings. The maximum absolute atomic E-state index is 13.0. The second kappa shape index (κ2) is 8.06. The monoisotopic (exact) mass is 418 g/mol. The number of nitrogens with zero attached hydrogens (tertiary/aromatic N) is 2. The lowest BCUT2D eigenvalue weighted by Crippen LogP contribution is -2.34. The molecule has 9 heteroatoms. The molecule has 1 amide bonds. The molecule has 2 heterocycles. The maximum atomic E-state index is 13.0. The molecule has 3 rings (SSSR count). The van der Waals surface area contributed by atoms with Gasteiger partial charge in [0, 0.05) is 31.7 Å². The maximum Gasteiger partial charge on any atom is 0.272 e. The van der Waals surface area contributed by atoms with E-state index in [2.05, 4.69) is 31.7 Å². The lowest BCUT2D eigenvalue weighted by atomic mass is 10.1. The SMILES string of the molecule is Cl.O=C(NCC1CNCC1O)c1nn(-c2ccc(F)cc2)cc1Br. The highest BCUT2D eigenvalue weighted by atomic mass is 79.9. The van der Waals surface area contributed by atoms with Gasteiger partial charge in [-0.05, 0) is 40.2 Å². The first-order chi connectivity index (χ1) is 11.0. The van der Waals surface area contributed by atoms with Crippen molar-refractivity contribution in [2.45, 2.75) is 6.10 Å². The first kappa shape index (κ1) is 18.9. The van der Waals surface area contributed by atoms with Crippen LogP contribution < -0.4 is 10.6 Å². The second-order valence-corrected chi connectivity index (χ2v) is 6.30. The van der Waals surface area contributed by atoms with Crippen molar-refractivity contribution in [1.82, 2.24) is 20.4 Å². The molecule has 0 spiro atoms. The molecule has 0 aliphatic carbocycles. The summed E-state index contributed by atoms with van der Waals surface area (Å²) in [5.41, 5.74) is 0.899. The lowest BCUT2D eigenvalue weighted by molar-refractivity contribution is 0.0921. The standard InChI is InChI=1S/C15H16BrFN4O2.ClH/c16-12-8-21(11-3-1-10(17)2-4-11)20-14(12)15(23)19-6-9-5-18-7-13(9)22;/h1-4,8-9,13,18,22H,5-7H2,(H,19,23);1H. The highest BCUT2D eigenvalue weighted by Crippen LogP contribution is 2.18. The molecule has 2 aromatic rings. The van der Waals surface area contributed by atoms with E-state index in [1.165, 1.54) is 16.8 Å². The van der Waals surface area contributed by atoms with Crippen LogP contribution in [-0.2, 0) is 0 Å². The number of aliphatic hydroxyl groups is 1.